The van der Waals surface area contributed by atoms with Crippen molar-refractivity contribution in [1.82, 2.24) is 14.8 Å². The molecule has 0 bridgehead atoms. The molecule has 3 aromatic carbocycles. The zero-order chi connectivity index (χ0) is 30.3. The summed E-state index contributed by atoms with van der Waals surface area (Å²) in [4.78, 5) is 33.3. The Morgan fingerprint density at radius 2 is 1.71 bits per heavy atom. The highest BCUT2D eigenvalue weighted by molar-refractivity contribution is 6.42. The Morgan fingerprint density at radius 1 is 0.929 bits per heavy atom. The minimum Gasteiger partial charge on any atom is -0.385 e. The van der Waals surface area contributed by atoms with Crippen LogP contribution in [0, 0.1) is 0 Å². The van der Waals surface area contributed by atoms with Crippen molar-refractivity contribution in [3.8, 4) is 0 Å². The van der Waals surface area contributed by atoms with Crippen molar-refractivity contribution in [2.45, 2.75) is 25.6 Å². The first kappa shape index (κ1) is 31.4. The average Bonchev–Trinajstić information content (AvgIpc) is 3.39. The minimum absolute atomic E-state index is 0.123. The summed E-state index contributed by atoms with van der Waals surface area (Å²) in [5.74, 6) is -1.03. The normalized spacial score (nSPS) is 11.6. The first-order chi connectivity index (χ1) is 20.1. The van der Waals surface area contributed by atoms with Crippen LogP contribution in [0.5, 0.6) is 0 Å². The van der Waals surface area contributed by atoms with E-state index in [2.05, 4.69) is 4.98 Å². The fraction of sp³-hybridized carbons (Fsp3) is 0.290. The Kier molecular flexibility index (Phi) is 10.5. The first-order valence-corrected chi connectivity index (χ1v) is 14.0. The summed E-state index contributed by atoms with van der Waals surface area (Å²) in [7, 11) is 1.51. The fourth-order valence-corrected chi connectivity index (χ4v) is 4.99. The third-order valence-electron chi connectivity index (χ3n) is 6.86. The molecule has 1 aromatic heterocycles. The van der Waals surface area contributed by atoms with Gasteiger partial charge >= 0.3 is 6.18 Å². The van der Waals surface area contributed by atoms with Crippen LogP contribution in [0.15, 0.2) is 72.9 Å². The third kappa shape index (κ3) is 8.06. The Labute approximate surface area is 252 Å². The van der Waals surface area contributed by atoms with Gasteiger partial charge in [-0.1, -0.05) is 53.5 Å². The highest BCUT2D eigenvalue weighted by Crippen LogP contribution is 2.30. The molecule has 0 aliphatic rings. The lowest BCUT2D eigenvalue weighted by Crippen LogP contribution is -2.44. The van der Waals surface area contributed by atoms with Crippen molar-refractivity contribution in [1.29, 1.82) is 0 Å². The number of methoxy groups -OCH3 is 1. The molecular formula is C31H30Cl2F3N3O3. The predicted molar refractivity (Wildman–Crippen MR) is 158 cm³/mol. The molecule has 0 atom stereocenters. The molecule has 0 aliphatic heterocycles. The summed E-state index contributed by atoms with van der Waals surface area (Å²) in [6.45, 7) is 0.631. The van der Waals surface area contributed by atoms with Gasteiger partial charge in [0, 0.05) is 56.0 Å². The molecule has 0 unspecified atom stereocenters. The lowest BCUT2D eigenvalue weighted by Gasteiger charge is -2.28. The molecule has 11 heteroatoms. The summed E-state index contributed by atoms with van der Waals surface area (Å²) >= 11 is 12.3. The van der Waals surface area contributed by atoms with Crippen molar-refractivity contribution in [3.63, 3.8) is 0 Å². The number of nitrogens with one attached hydrogen (secondary N) is 1. The highest BCUT2D eigenvalue weighted by Gasteiger charge is 2.32. The maximum absolute atomic E-state index is 13.8. The largest absolute Gasteiger partial charge is 0.416 e. The van der Waals surface area contributed by atoms with Crippen LogP contribution in [-0.2, 0) is 28.7 Å². The van der Waals surface area contributed by atoms with Gasteiger partial charge in [-0.25, -0.2) is 0 Å². The van der Waals surface area contributed by atoms with Crippen molar-refractivity contribution >= 4 is 45.9 Å². The lowest BCUT2D eigenvalue weighted by atomic mass is 10.1. The van der Waals surface area contributed by atoms with E-state index in [-0.39, 0.29) is 31.1 Å². The van der Waals surface area contributed by atoms with E-state index in [1.807, 2.05) is 30.5 Å². The Bertz CT molecular complexity index is 1540. The molecule has 4 aromatic rings. The van der Waals surface area contributed by atoms with Gasteiger partial charge in [0.15, 0.2) is 0 Å². The van der Waals surface area contributed by atoms with Crippen LogP contribution in [0.2, 0.25) is 10.0 Å². The van der Waals surface area contributed by atoms with Crippen molar-refractivity contribution < 1.29 is 27.5 Å². The second kappa shape index (κ2) is 14.1. The van der Waals surface area contributed by atoms with E-state index in [9.17, 15) is 22.8 Å². The van der Waals surface area contributed by atoms with E-state index >= 15 is 0 Å². The van der Waals surface area contributed by atoms with Gasteiger partial charge in [-0.15, -0.1) is 0 Å². The molecule has 0 fully saturated rings. The monoisotopic (exact) mass is 619 g/mol. The van der Waals surface area contributed by atoms with E-state index in [1.54, 1.807) is 23.1 Å². The van der Waals surface area contributed by atoms with Crippen molar-refractivity contribution in [2.24, 2.45) is 0 Å². The summed E-state index contributed by atoms with van der Waals surface area (Å²) in [6.07, 6.45) is -1.77. The van der Waals surface area contributed by atoms with Crippen LogP contribution in [0.25, 0.3) is 10.9 Å². The second-order valence-corrected chi connectivity index (χ2v) is 10.6. The molecule has 1 N–H and O–H groups in total. The number of carbonyl (C=O) groups is 2. The number of carbonyl (C=O) groups excluding carboxylic acids is 2. The topological polar surface area (TPSA) is 65.6 Å². The number of amides is 2. The van der Waals surface area contributed by atoms with E-state index in [0.29, 0.717) is 36.0 Å². The van der Waals surface area contributed by atoms with E-state index in [0.717, 1.165) is 34.2 Å². The predicted octanol–water partition coefficient (Wildman–Crippen LogP) is 7.24. The van der Waals surface area contributed by atoms with Crippen LogP contribution < -0.4 is 0 Å². The number of rotatable bonds is 12. The molecule has 6 nitrogen and oxygen atoms in total. The van der Waals surface area contributed by atoms with Gasteiger partial charge in [-0.3, -0.25) is 9.59 Å². The fourth-order valence-electron chi connectivity index (χ4n) is 4.67. The second-order valence-electron chi connectivity index (χ2n) is 9.82. The van der Waals surface area contributed by atoms with Crippen LogP contribution in [-0.4, -0.2) is 59.9 Å². The summed E-state index contributed by atoms with van der Waals surface area (Å²) < 4.78 is 45.1. The highest BCUT2D eigenvalue weighted by atomic mass is 35.5. The van der Waals surface area contributed by atoms with Gasteiger partial charge in [0.05, 0.1) is 15.6 Å². The zero-order valence-electron chi connectivity index (χ0n) is 22.9. The number of ether oxygens (including phenoxy) is 1. The van der Waals surface area contributed by atoms with Gasteiger partial charge in [0.2, 0.25) is 5.91 Å². The molecular weight excluding hydrogens is 590 g/mol. The van der Waals surface area contributed by atoms with Crippen molar-refractivity contribution in [2.75, 3.05) is 33.4 Å². The molecule has 42 heavy (non-hydrogen) atoms. The summed E-state index contributed by atoms with van der Waals surface area (Å²) in [5, 5.41) is 1.77. The maximum Gasteiger partial charge on any atom is 0.416 e. The van der Waals surface area contributed by atoms with Crippen LogP contribution >= 0.6 is 23.2 Å². The first-order valence-electron chi connectivity index (χ1n) is 13.3. The number of hydrogen-bond donors (Lipinski definition) is 1. The van der Waals surface area contributed by atoms with E-state index in [1.165, 1.54) is 24.1 Å². The molecule has 1 heterocycles. The van der Waals surface area contributed by atoms with Crippen LogP contribution in [0.1, 0.15) is 33.5 Å². The van der Waals surface area contributed by atoms with E-state index < -0.39 is 17.6 Å². The van der Waals surface area contributed by atoms with Gasteiger partial charge in [-0.2, -0.15) is 13.2 Å². The number of aromatic amines is 1. The number of nitrogens with zero attached hydrogens (tertiary/aromatic N) is 2. The van der Waals surface area contributed by atoms with Crippen molar-refractivity contribution in [3.05, 3.63) is 105 Å². The Morgan fingerprint density at radius 3 is 2.45 bits per heavy atom. The molecule has 4 rings (SSSR count). The van der Waals surface area contributed by atoms with Gasteiger partial charge in [-0.05, 0) is 60.4 Å². The molecule has 0 saturated heterocycles. The molecule has 222 valence electrons. The van der Waals surface area contributed by atoms with Gasteiger partial charge in [0.25, 0.3) is 5.91 Å². The minimum atomic E-state index is -4.61. The SMILES string of the molecule is COCCCN(CC(=O)N(CCc1c[nH]c2ccccc12)Cc1ccc(Cl)c(Cl)c1)C(=O)c1cccc(C(F)(F)F)c1. The number of aromatic nitrogens is 1. The Hall–Kier alpha value is -3.53. The standard InChI is InChI=1S/C31H30Cl2F3N3O3/c1-42-15-5-13-39(30(41)22-6-4-7-24(17-22)31(34,35)36)20-29(40)38(19-21-10-11-26(32)27(33)16-21)14-12-23-18-37-28-9-3-2-8-25(23)28/h2-4,6-11,16-18,37H,5,12-15,19-20H2,1H3. The molecule has 0 radical (unpaired) electrons. The smallest absolute Gasteiger partial charge is 0.385 e. The number of H-pyrrole nitrogens is 1. The number of fused-ring (bicyclic) bond motifs is 1. The van der Waals surface area contributed by atoms with Gasteiger partial charge < -0.3 is 19.5 Å². The quantitative estimate of drug-likeness (QED) is 0.170. The number of hydrogen-bond acceptors (Lipinski definition) is 3. The number of alkyl halides is 3. The molecule has 2 amide bonds. The maximum atomic E-state index is 13.8. The molecule has 0 saturated carbocycles. The summed E-state index contributed by atoms with van der Waals surface area (Å²) in [5.41, 5.74) is 1.66. The third-order valence-corrected chi connectivity index (χ3v) is 7.60. The molecule has 0 aliphatic carbocycles. The average molecular weight is 620 g/mol. The van der Waals surface area contributed by atoms with Crippen LogP contribution in [0.4, 0.5) is 13.2 Å². The van der Waals surface area contributed by atoms with Gasteiger partial charge in [0.1, 0.15) is 6.54 Å². The number of halogens is 5. The zero-order valence-corrected chi connectivity index (χ0v) is 24.4. The number of benzene rings is 3. The Balaban J connectivity index is 1.58. The van der Waals surface area contributed by atoms with Crippen LogP contribution in [0.3, 0.4) is 0 Å². The number of para-hydroxylation sites is 1. The molecule has 0 spiro atoms. The lowest BCUT2D eigenvalue weighted by molar-refractivity contribution is -0.137. The summed E-state index contributed by atoms with van der Waals surface area (Å²) in [6, 6.07) is 17.1. The van der Waals surface area contributed by atoms with E-state index in [4.69, 9.17) is 27.9 Å².